The molecule has 12 nitrogen and oxygen atoms in total. The minimum atomic E-state index is -1.31. The molecule has 0 saturated heterocycles. The summed E-state index contributed by atoms with van der Waals surface area (Å²) in [5.74, 6) is 0.0693. The van der Waals surface area contributed by atoms with E-state index in [-0.39, 0.29) is 42.8 Å². The second kappa shape index (κ2) is 24.2. The average Bonchev–Trinajstić information content (AvgIpc) is 3.11. The predicted octanol–water partition coefficient (Wildman–Crippen LogP) is 7.34. The largest absolute Gasteiger partial charge is 0.491 e. The zero-order chi connectivity index (χ0) is 40.9. The van der Waals surface area contributed by atoms with Crippen LogP contribution in [0.5, 0.6) is 5.75 Å². The third-order valence-corrected chi connectivity index (χ3v) is 8.48. The van der Waals surface area contributed by atoms with Crippen LogP contribution in [0.1, 0.15) is 92.6 Å². The Kier molecular flexibility index (Phi) is 20.6. The number of nitrogens with one attached hydrogen (secondary N) is 2. The molecule has 0 aromatic heterocycles. The highest BCUT2D eigenvalue weighted by Gasteiger charge is 2.21. The number of amides is 1. The molecule has 0 aliphatic heterocycles. The Morgan fingerprint density at radius 1 is 0.855 bits per heavy atom. The number of carbonyl (C=O) groups is 3. The summed E-state index contributed by atoms with van der Waals surface area (Å²) in [6.45, 7) is 22.0. The standard InChI is InChI=1S/C43H64N2O10/c1-10-38(46)52-29-36(27-51-35-23-20-33(21-24-35)43(7,8)9)54-40(48)44-25-15-11-12-16-26-45-41(49)55-37(30-53-39(47)31(2)3)28-50-34-18-14-13-17-32(19-22-34)42(4,5)6/h10,14,18-24,36-37,40,44,48H,1-2,11-13,15-17,25-30H2,3-9H3,(H,45,49). The average molecular weight is 769 g/mol. The number of hydrogen-bond donors (Lipinski definition) is 3. The lowest BCUT2D eigenvalue weighted by Gasteiger charge is -2.23. The first kappa shape index (κ1) is 46.8. The van der Waals surface area contributed by atoms with Crippen molar-refractivity contribution >= 4 is 18.0 Å². The highest BCUT2D eigenvalue weighted by Crippen LogP contribution is 2.30. The fourth-order valence-electron chi connectivity index (χ4n) is 5.12. The van der Waals surface area contributed by atoms with Crippen molar-refractivity contribution in [3.63, 3.8) is 0 Å². The molecular weight excluding hydrogens is 704 g/mol. The first-order valence-electron chi connectivity index (χ1n) is 19.0. The van der Waals surface area contributed by atoms with Gasteiger partial charge in [0.05, 0.1) is 0 Å². The van der Waals surface area contributed by atoms with Crippen LogP contribution in [0.3, 0.4) is 0 Å². The molecule has 1 aliphatic carbocycles. The molecule has 0 heterocycles. The van der Waals surface area contributed by atoms with Gasteiger partial charge in [0.25, 0.3) is 0 Å². The van der Waals surface area contributed by atoms with Crippen LogP contribution in [0, 0.1) is 5.41 Å². The summed E-state index contributed by atoms with van der Waals surface area (Å²) in [5.41, 5.74) is 2.76. The molecule has 1 amide bonds. The third kappa shape index (κ3) is 20.2. The minimum absolute atomic E-state index is 0.00643. The van der Waals surface area contributed by atoms with Gasteiger partial charge in [-0.25, -0.2) is 14.4 Å². The summed E-state index contributed by atoms with van der Waals surface area (Å²) in [7, 11) is 0. The normalized spacial score (nSPS) is 14.8. The monoisotopic (exact) mass is 768 g/mol. The minimum Gasteiger partial charge on any atom is -0.491 e. The number of aliphatic hydroxyl groups excluding tert-OH is 1. The lowest BCUT2D eigenvalue weighted by Crippen LogP contribution is -2.40. The number of ether oxygens (including phenoxy) is 6. The van der Waals surface area contributed by atoms with Crippen LogP contribution in [0.4, 0.5) is 4.79 Å². The van der Waals surface area contributed by atoms with Gasteiger partial charge in [-0.2, -0.15) is 0 Å². The maximum absolute atomic E-state index is 12.6. The van der Waals surface area contributed by atoms with Crippen molar-refractivity contribution in [1.82, 2.24) is 10.6 Å². The van der Waals surface area contributed by atoms with Gasteiger partial charge in [0.15, 0.2) is 6.10 Å². The van der Waals surface area contributed by atoms with Gasteiger partial charge in [0.1, 0.15) is 44.0 Å². The van der Waals surface area contributed by atoms with Gasteiger partial charge in [-0.1, -0.05) is 97.4 Å². The topological polar surface area (TPSA) is 151 Å². The van der Waals surface area contributed by atoms with Gasteiger partial charge in [0.2, 0.25) is 6.41 Å². The molecule has 0 bridgehead atoms. The SMILES string of the molecule is C=CC(=O)OCC(COc1ccc(C(C)(C)C)cc1)OC(O)NCCCCCCNC(=O)OC(COC(=O)C(=C)C)COC1=CC=C(C(C)(C)C)CCC=C1. The highest BCUT2D eigenvalue weighted by molar-refractivity contribution is 5.86. The Bertz CT molecular complexity index is 1470. The smallest absolute Gasteiger partial charge is 0.407 e. The highest BCUT2D eigenvalue weighted by atomic mass is 16.7. The summed E-state index contributed by atoms with van der Waals surface area (Å²) in [5, 5.41) is 16.1. The molecule has 0 radical (unpaired) electrons. The van der Waals surface area contributed by atoms with E-state index in [1.807, 2.05) is 42.5 Å². The molecule has 3 atom stereocenters. The first-order valence-corrected chi connectivity index (χ1v) is 19.0. The molecule has 2 rings (SSSR count). The van der Waals surface area contributed by atoms with Crippen LogP contribution in [0.2, 0.25) is 0 Å². The van der Waals surface area contributed by atoms with Gasteiger partial charge in [-0.05, 0) is 79.8 Å². The van der Waals surface area contributed by atoms with Crippen molar-refractivity contribution in [2.24, 2.45) is 5.41 Å². The molecule has 55 heavy (non-hydrogen) atoms. The van der Waals surface area contributed by atoms with Crippen molar-refractivity contribution in [2.45, 2.75) is 111 Å². The quantitative estimate of drug-likeness (QED) is 0.0337. The lowest BCUT2D eigenvalue weighted by atomic mass is 9.83. The van der Waals surface area contributed by atoms with E-state index in [0.29, 0.717) is 31.0 Å². The van der Waals surface area contributed by atoms with Crippen LogP contribution in [-0.4, -0.2) is 81.3 Å². The molecule has 1 aromatic rings. The van der Waals surface area contributed by atoms with Crippen molar-refractivity contribution < 1.29 is 47.9 Å². The summed E-state index contributed by atoms with van der Waals surface area (Å²) in [6, 6.07) is 7.73. The predicted molar refractivity (Wildman–Crippen MR) is 213 cm³/mol. The molecule has 1 aliphatic rings. The van der Waals surface area contributed by atoms with Gasteiger partial charge in [-0.15, -0.1) is 0 Å². The number of esters is 2. The summed E-state index contributed by atoms with van der Waals surface area (Å²) in [4.78, 5) is 36.3. The van der Waals surface area contributed by atoms with Crippen molar-refractivity contribution in [3.8, 4) is 5.75 Å². The van der Waals surface area contributed by atoms with Crippen LogP contribution in [-0.2, 0) is 38.7 Å². The van der Waals surface area contributed by atoms with Gasteiger partial charge in [0, 0.05) is 18.2 Å². The van der Waals surface area contributed by atoms with E-state index >= 15 is 0 Å². The lowest BCUT2D eigenvalue weighted by molar-refractivity contribution is -0.179. The Balaban J connectivity index is 1.75. The molecule has 306 valence electrons. The Morgan fingerprint density at radius 2 is 1.51 bits per heavy atom. The van der Waals surface area contributed by atoms with E-state index in [2.05, 4.69) is 71.4 Å². The zero-order valence-corrected chi connectivity index (χ0v) is 33.9. The number of aliphatic hydroxyl groups is 1. The van der Waals surface area contributed by atoms with Crippen molar-refractivity contribution in [3.05, 3.63) is 90.3 Å². The first-order chi connectivity index (χ1) is 26.0. The van der Waals surface area contributed by atoms with E-state index < -0.39 is 36.7 Å². The maximum atomic E-state index is 12.6. The van der Waals surface area contributed by atoms with E-state index in [0.717, 1.165) is 38.2 Å². The maximum Gasteiger partial charge on any atom is 0.407 e. The summed E-state index contributed by atoms with van der Waals surface area (Å²) < 4.78 is 33.5. The Hall–Kier alpha value is -4.39. The summed E-state index contributed by atoms with van der Waals surface area (Å²) in [6.07, 6.45) is 10.4. The van der Waals surface area contributed by atoms with E-state index in [1.54, 1.807) is 6.92 Å². The molecule has 0 spiro atoms. The number of carbonyl (C=O) groups excluding carboxylic acids is 3. The number of rotatable bonds is 23. The molecule has 3 N–H and O–H groups in total. The van der Waals surface area contributed by atoms with Crippen LogP contribution < -0.4 is 15.4 Å². The molecular formula is C43H64N2O10. The molecule has 0 saturated carbocycles. The number of alkyl carbamates (subject to hydrolysis) is 1. The fourth-order valence-corrected chi connectivity index (χ4v) is 5.12. The van der Waals surface area contributed by atoms with E-state index in [4.69, 9.17) is 28.4 Å². The van der Waals surface area contributed by atoms with Crippen LogP contribution >= 0.6 is 0 Å². The van der Waals surface area contributed by atoms with Gasteiger partial charge < -0.3 is 38.8 Å². The van der Waals surface area contributed by atoms with Gasteiger partial charge in [-0.3, -0.25) is 5.32 Å². The Labute approximate surface area is 328 Å². The second-order valence-corrected chi connectivity index (χ2v) is 15.5. The Morgan fingerprint density at radius 3 is 2.15 bits per heavy atom. The summed E-state index contributed by atoms with van der Waals surface area (Å²) >= 11 is 0. The third-order valence-electron chi connectivity index (χ3n) is 8.48. The second-order valence-electron chi connectivity index (χ2n) is 15.5. The van der Waals surface area contributed by atoms with E-state index in [1.165, 1.54) is 11.1 Å². The zero-order valence-electron chi connectivity index (χ0n) is 33.9. The van der Waals surface area contributed by atoms with Crippen LogP contribution in [0.25, 0.3) is 0 Å². The molecule has 3 unspecified atom stereocenters. The van der Waals surface area contributed by atoms with E-state index in [9.17, 15) is 19.5 Å². The number of unbranched alkanes of at least 4 members (excludes halogenated alkanes) is 3. The van der Waals surface area contributed by atoms with Gasteiger partial charge >= 0.3 is 18.0 Å². The molecule has 0 fully saturated rings. The van der Waals surface area contributed by atoms with Crippen molar-refractivity contribution in [1.29, 1.82) is 0 Å². The molecule has 12 heteroatoms. The number of benzene rings is 1. The van der Waals surface area contributed by atoms with Crippen LogP contribution in [0.15, 0.2) is 84.7 Å². The van der Waals surface area contributed by atoms with Crippen molar-refractivity contribution in [2.75, 3.05) is 39.5 Å². The fraction of sp³-hybridized carbons (Fsp3) is 0.558. The number of hydrogen-bond acceptors (Lipinski definition) is 11. The molecule has 1 aromatic carbocycles. The number of allylic oxidation sites excluding steroid dienone is 5.